The van der Waals surface area contributed by atoms with E-state index in [1.54, 1.807) is 0 Å². The SMILES string of the molecule is O=C(O)Cc1c(Cc2ccc(Br)cc2)[nH]c2ccccc12. The second-order valence-electron chi connectivity index (χ2n) is 5.00. The molecular weight excluding hydrogens is 330 g/mol. The summed E-state index contributed by atoms with van der Waals surface area (Å²) >= 11 is 3.42. The third-order valence-corrected chi connectivity index (χ3v) is 4.05. The average molecular weight is 344 g/mol. The number of benzene rings is 2. The van der Waals surface area contributed by atoms with Gasteiger partial charge in [0, 0.05) is 27.5 Å². The molecule has 3 aromatic rings. The molecule has 0 atom stereocenters. The van der Waals surface area contributed by atoms with Crippen molar-refractivity contribution in [2.45, 2.75) is 12.8 Å². The first-order valence-corrected chi connectivity index (χ1v) is 7.47. The van der Waals surface area contributed by atoms with E-state index in [4.69, 9.17) is 5.11 Å². The first kappa shape index (κ1) is 13.9. The van der Waals surface area contributed by atoms with E-state index < -0.39 is 5.97 Å². The van der Waals surface area contributed by atoms with Gasteiger partial charge in [0.15, 0.2) is 0 Å². The summed E-state index contributed by atoms with van der Waals surface area (Å²) in [5.74, 6) is -0.809. The molecule has 0 spiro atoms. The lowest BCUT2D eigenvalue weighted by molar-refractivity contribution is -0.136. The van der Waals surface area contributed by atoms with Crippen LogP contribution in [0.2, 0.25) is 0 Å². The number of fused-ring (bicyclic) bond motifs is 1. The summed E-state index contributed by atoms with van der Waals surface area (Å²) < 4.78 is 1.04. The average Bonchev–Trinajstić information content (AvgIpc) is 2.79. The number of carboxylic acid groups (broad SMARTS) is 1. The van der Waals surface area contributed by atoms with Crippen LogP contribution in [-0.4, -0.2) is 16.1 Å². The number of aromatic amines is 1. The van der Waals surface area contributed by atoms with E-state index in [0.29, 0.717) is 6.42 Å². The fourth-order valence-corrected chi connectivity index (χ4v) is 2.83. The number of carboxylic acids is 1. The van der Waals surface area contributed by atoms with Gasteiger partial charge in [0.2, 0.25) is 0 Å². The highest BCUT2D eigenvalue weighted by Gasteiger charge is 2.14. The lowest BCUT2D eigenvalue weighted by Crippen LogP contribution is -2.03. The number of para-hydroxylation sites is 1. The molecular formula is C17H14BrNO2. The fraction of sp³-hybridized carbons (Fsp3) is 0.118. The van der Waals surface area contributed by atoms with Crippen LogP contribution in [-0.2, 0) is 17.6 Å². The lowest BCUT2D eigenvalue weighted by Gasteiger charge is -2.03. The Morgan fingerprint density at radius 1 is 1.10 bits per heavy atom. The summed E-state index contributed by atoms with van der Waals surface area (Å²) in [4.78, 5) is 14.5. The first-order chi connectivity index (χ1) is 10.1. The topological polar surface area (TPSA) is 53.1 Å². The molecule has 1 aromatic heterocycles. The van der Waals surface area contributed by atoms with E-state index in [0.717, 1.165) is 32.2 Å². The predicted molar refractivity (Wildman–Crippen MR) is 86.6 cm³/mol. The van der Waals surface area contributed by atoms with Gasteiger partial charge in [0.05, 0.1) is 6.42 Å². The van der Waals surface area contributed by atoms with Crippen LogP contribution in [0.25, 0.3) is 10.9 Å². The molecule has 0 fully saturated rings. The molecule has 0 aliphatic carbocycles. The van der Waals surface area contributed by atoms with E-state index in [1.807, 2.05) is 48.5 Å². The second-order valence-corrected chi connectivity index (χ2v) is 5.92. The standard InChI is InChI=1S/C17H14BrNO2/c18-12-7-5-11(6-8-12)9-16-14(10-17(20)21)13-3-1-2-4-15(13)19-16/h1-8,19H,9-10H2,(H,20,21). The molecule has 0 bridgehead atoms. The number of rotatable bonds is 4. The Morgan fingerprint density at radius 2 is 1.81 bits per heavy atom. The number of hydrogen-bond donors (Lipinski definition) is 2. The molecule has 4 heteroatoms. The van der Waals surface area contributed by atoms with Gasteiger partial charge in [-0.15, -0.1) is 0 Å². The maximum atomic E-state index is 11.1. The van der Waals surface area contributed by atoms with E-state index in [-0.39, 0.29) is 6.42 Å². The molecule has 106 valence electrons. The Balaban J connectivity index is 2.04. The van der Waals surface area contributed by atoms with Crippen LogP contribution in [0.4, 0.5) is 0 Å². The van der Waals surface area contributed by atoms with Gasteiger partial charge in [-0.3, -0.25) is 4.79 Å². The summed E-state index contributed by atoms with van der Waals surface area (Å²) in [6.45, 7) is 0. The van der Waals surface area contributed by atoms with Crippen LogP contribution in [0.5, 0.6) is 0 Å². The molecule has 0 saturated heterocycles. The number of aromatic nitrogens is 1. The normalized spacial score (nSPS) is 10.9. The molecule has 0 aliphatic rings. The van der Waals surface area contributed by atoms with Crippen LogP contribution in [0.15, 0.2) is 53.0 Å². The van der Waals surface area contributed by atoms with Crippen LogP contribution in [0, 0.1) is 0 Å². The lowest BCUT2D eigenvalue weighted by atomic mass is 10.0. The summed E-state index contributed by atoms with van der Waals surface area (Å²) in [5, 5.41) is 10.1. The van der Waals surface area contributed by atoms with Crippen molar-refractivity contribution in [1.29, 1.82) is 0 Å². The molecule has 0 aliphatic heterocycles. The van der Waals surface area contributed by atoms with Crippen LogP contribution in [0.3, 0.4) is 0 Å². The van der Waals surface area contributed by atoms with E-state index in [2.05, 4.69) is 20.9 Å². The van der Waals surface area contributed by atoms with Crippen molar-refractivity contribution < 1.29 is 9.90 Å². The van der Waals surface area contributed by atoms with Gasteiger partial charge >= 0.3 is 5.97 Å². The highest BCUT2D eigenvalue weighted by Crippen LogP contribution is 2.25. The molecule has 3 rings (SSSR count). The molecule has 0 radical (unpaired) electrons. The maximum Gasteiger partial charge on any atom is 0.307 e. The van der Waals surface area contributed by atoms with Crippen molar-refractivity contribution in [3.05, 3.63) is 69.8 Å². The molecule has 2 aromatic carbocycles. The summed E-state index contributed by atoms with van der Waals surface area (Å²) in [7, 11) is 0. The molecule has 21 heavy (non-hydrogen) atoms. The zero-order valence-electron chi connectivity index (χ0n) is 11.3. The van der Waals surface area contributed by atoms with E-state index in [9.17, 15) is 4.79 Å². The van der Waals surface area contributed by atoms with Crippen molar-refractivity contribution >= 4 is 32.8 Å². The molecule has 0 unspecified atom stereocenters. The third kappa shape index (κ3) is 3.00. The minimum absolute atomic E-state index is 0.0376. The smallest absolute Gasteiger partial charge is 0.307 e. The number of nitrogens with one attached hydrogen (secondary N) is 1. The summed E-state index contributed by atoms with van der Waals surface area (Å²) in [5.41, 5.74) is 3.99. The number of hydrogen-bond acceptors (Lipinski definition) is 1. The zero-order valence-corrected chi connectivity index (χ0v) is 12.9. The van der Waals surface area contributed by atoms with Gasteiger partial charge < -0.3 is 10.1 Å². The van der Waals surface area contributed by atoms with Gasteiger partial charge in [0.25, 0.3) is 0 Å². The number of halogens is 1. The van der Waals surface area contributed by atoms with Crippen molar-refractivity contribution in [3.63, 3.8) is 0 Å². The highest BCUT2D eigenvalue weighted by molar-refractivity contribution is 9.10. The molecule has 0 saturated carbocycles. The zero-order chi connectivity index (χ0) is 14.8. The second kappa shape index (κ2) is 5.74. The Bertz CT molecular complexity index is 790. The van der Waals surface area contributed by atoms with E-state index >= 15 is 0 Å². The minimum atomic E-state index is -0.809. The number of carbonyl (C=O) groups is 1. The first-order valence-electron chi connectivity index (χ1n) is 6.68. The summed E-state index contributed by atoms with van der Waals surface area (Å²) in [6, 6.07) is 15.9. The van der Waals surface area contributed by atoms with Gasteiger partial charge in [-0.2, -0.15) is 0 Å². The third-order valence-electron chi connectivity index (χ3n) is 3.52. The Hall–Kier alpha value is -2.07. The van der Waals surface area contributed by atoms with Crippen molar-refractivity contribution in [3.8, 4) is 0 Å². The highest BCUT2D eigenvalue weighted by atomic mass is 79.9. The molecule has 1 heterocycles. The van der Waals surface area contributed by atoms with E-state index in [1.165, 1.54) is 0 Å². The maximum absolute atomic E-state index is 11.1. The Kier molecular flexibility index (Phi) is 3.80. The number of aliphatic carboxylic acids is 1. The monoisotopic (exact) mass is 343 g/mol. The summed E-state index contributed by atoms with van der Waals surface area (Å²) in [6.07, 6.45) is 0.737. The largest absolute Gasteiger partial charge is 0.481 e. The molecule has 2 N–H and O–H groups in total. The quantitative estimate of drug-likeness (QED) is 0.747. The predicted octanol–water partition coefficient (Wildman–Crippen LogP) is 4.15. The number of H-pyrrole nitrogens is 1. The Labute approximate surface area is 130 Å². The van der Waals surface area contributed by atoms with Crippen molar-refractivity contribution in [2.24, 2.45) is 0 Å². The minimum Gasteiger partial charge on any atom is -0.481 e. The van der Waals surface area contributed by atoms with Crippen LogP contribution >= 0.6 is 15.9 Å². The fourth-order valence-electron chi connectivity index (χ4n) is 2.57. The van der Waals surface area contributed by atoms with Gasteiger partial charge in [-0.25, -0.2) is 0 Å². The molecule has 0 amide bonds. The Morgan fingerprint density at radius 3 is 2.52 bits per heavy atom. The van der Waals surface area contributed by atoms with Crippen molar-refractivity contribution in [1.82, 2.24) is 4.98 Å². The van der Waals surface area contributed by atoms with Crippen molar-refractivity contribution in [2.75, 3.05) is 0 Å². The van der Waals surface area contributed by atoms with Gasteiger partial charge in [-0.05, 0) is 29.3 Å². The molecule has 3 nitrogen and oxygen atoms in total. The van der Waals surface area contributed by atoms with Gasteiger partial charge in [-0.1, -0.05) is 46.3 Å². The van der Waals surface area contributed by atoms with Crippen LogP contribution < -0.4 is 0 Å². The van der Waals surface area contributed by atoms with Gasteiger partial charge in [0.1, 0.15) is 0 Å². The van der Waals surface area contributed by atoms with Crippen LogP contribution in [0.1, 0.15) is 16.8 Å².